The first kappa shape index (κ1) is 6.62. The van der Waals surface area contributed by atoms with Gasteiger partial charge in [-0.1, -0.05) is 0 Å². The van der Waals surface area contributed by atoms with E-state index < -0.39 is 0 Å². The molecule has 0 spiro atoms. The summed E-state index contributed by atoms with van der Waals surface area (Å²) >= 11 is 0. The summed E-state index contributed by atoms with van der Waals surface area (Å²) in [6.45, 7) is 3.18. The Bertz CT molecular complexity index is 146. The molecule has 2 unspecified atom stereocenters. The van der Waals surface area contributed by atoms with Gasteiger partial charge >= 0.3 is 0 Å². The van der Waals surface area contributed by atoms with Crippen LogP contribution < -0.4 is 5.73 Å². The molecular formula is C8H16N2. The molecule has 2 rings (SSSR count). The quantitative estimate of drug-likeness (QED) is 0.567. The van der Waals surface area contributed by atoms with E-state index in [9.17, 15) is 0 Å². The summed E-state index contributed by atoms with van der Waals surface area (Å²) in [4.78, 5) is 2.49. The van der Waals surface area contributed by atoms with E-state index in [0.717, 1.165) is 30.5 Å². The molecule has 0 aromatic carbocycles. The van der Waals surface area contributed by atoms with E-state index >= 15 is 0 Å². The Labute approximate surface area is 62.4 Å². The van der Waals surface area contributed by atoms with Crippen LogP contribution in [0.2, 0.25) is 0 Å². The molecule has 4 atom stereocenters. The normalized spacial score (nSPS) is 53.1. The van der Waals surface area contributed by atoms with Crippen LogP contribution in [0, 0.1) is 11.8 Å². The van der Waals surface area contributed by atoms with Crippen LogP contribution in [0.5, 0.6) is 0 Å². The average molecular weight is 140 g/mol. The summed E-state index contributed by atoms with van der Waals surface area (Å²) in [7, 11) is 2.23. The lowest BCUT2D eigenvalue weighted by molar-refractivity contribution is 0.243. The molecule has 58 valence electrons. The number of nitrogens with zero attached hydrogens (tertiary/aromatic N) is 1. The maximum Gasteiger partial charge on any atom is 0.0131 e. The zero-order valence-corrected chi connectivity index (χ0v) is 6.75. The number of likely N-dealkylation sites (tertiary alicyclic amines) is 1. The van der Waals surface area contributed by atoms with E-state index in [2.05, 4.69) is 18.9 Å². The fourth-order valence-corrected chi connectivity index (χ4v) is 2.46. The standard InChI is InChI=1S/C8H16N2/c1-5-7(4-9)6-3-8(6)10(5)2/h5-8H,3-4,9H2,1-2H3/t5?,6-,7+,8?/m1/s1. The summed E-state index contributed by atoms with van der Waals surface area (Å²) < 4.78 is 0. The van der Waals surface area contributed by atoms with E-state index in [1.165, 1.54) is 6.42 Å². The SMILES string of the molecule is CC1[C@H](CN)[C@H]2CC2N1C. The smallest absolute Gasteiger partial charge is 0.0131 e. The van der Waals surface area contributed by atoms with Gasteiger partial charge in [-0.05, 0) is 38.8 Å². The molecule has 2 aliphatic rings. The van der Waals surface area contributed by atoms with Gasteiger partial charge in [-0.2, -0.15) is 0 Å². The lowest BCUT2D eigenvalue weighted by atomic mass is 9.99. The maximum absolute atomic E-state index is 5.68. The van der Waals surface area contributed by atoms with Crippen molar-refractivity contribution in [1.29, 1.82) is 0 Å². The summed E-state index contributed by atoms with van der Waals surface area (Å²) in [6, 6.07) is 1.62. The van der Waals surface area contributed by atoms with Gasteiger partial charge in [0.15, 0.2) is 0 Å². The first-order chi connectivity index (χ1) is 4.75. The van der Waals surface area contributed by atoms with Crippen LogP contribution in [0.25, 0.3) is 0 Å². The number of piperidine rings is 1. The van der Waals surface area contributed by atoms with Gasteiger partial charge in [0.1, 0.15) is 0 Å². The first-order valence-corrected chi connectivity index (χ1v) is 4.17. The predicted molar refractivity (Wildman–Crippen MR) is 41.7 cm³/mol. The zero-order chi connectivity index (χ0) is 7.30. The van der Waals surface area contributed by atoms with Gasteiger partial charge in [0, 0.05) is 12.1 Å². The van der Waals surface area contributed by atoms with E-state index in [4.69, 9.17) is 5.73 Å². The number of fused-ring (bicyclic) bond motifs is 1. The van der Waals surface area contributed by atoms with Crippen LogP contribution in [0.3, 0.4) is 0 Å². The van der Waals surface area contributed by atoms with Crippen molar-refractivity contribution in [3.8, 4) is 0 Å². The third-order valence-electron chi connectivity index (χ3n) is 3.41. The highest BCUT2D eigenvalue weighted by Crippen LogP contribution is 2.50. The minimum Gasteiger partial charge on any atom is -0.330 e. The van der Waals surface area contributed by atoms with Gasteiger partial charge in [0.25, 0.3) is 0 Å². The number of nitrogens with two attached hydrogens (primary N) is 1. The Kier molecular flexibility index (Phi) is 1.29. The van der Waals surface area contributed by atoms with Crippen LogP contribution in [0.4, 0.5) is 0 Å². The highest BCUT2D eigenvalue weighted by Gasteiger charge is 2.54. The van der Waals surface area contributed by atoms with Gasteiger partial charge < -0.3 is 10.6 Å². The van der Waals surface area contributed by atoms with Gasteiger partial charge in [0.2, 0.25) is 0 Å². The molecule has 2 nitrogen and oxygen atoms in total. The number of hydrogen-bond acceptors (Lipinski definition) is 2. The van der Waals surface area contributed by atoms with E-state index in [1.807, 2.05) is 0 Å². The summed E-state index contributed by atoms with van der Waals surface area (Å²) in [5.41, 5.74) is 5.68. The largest absolute Gasteiger partial charge is 0.330 e. The molecule has 1 saturated carbocycles. The molecule has 2 N–H and O–H groups in total. The molecule has 2 heteroatoms. The summed E-state index contributed by atoms with van der Waals surface area (Å²) in [5.74, 6) is 1.74. The minimum absolute atomic E-state index is 0.730. The van der Waals surface area contributed by atoms with Crippen molar-refractivity contribution in [2.45, 2.75) is 25.4 Å². The molecule has 2 fully saturated rings. The Balaban J connectivity index is 2.09. The fraction of sp³-hybridized carbons (Fsp3) is 1.00. The molecular weight excluding hydrogens is 124 g/mol. The van der Waals surface area contributed by atoms with Crippen molar-refractivity contribution < 1.29 is 0 Å². The second-order valence-electron chi connectivity index (χ2n) is 3.77. The minimum atomic E-state index is 0.730. The fourth-order valence-electron chi connectivity index (χ4n) is 2.46. The number of hydrogen-bond donors (Lipinski definition) is 1. The van der Waals surface area contributed by atoms with Crippen LogP contribution in [-0.4, -0.2) is 30.6 Å². The lowest BCUT2D eigenvalue weighted by Crippen LogP contribution is -2.33. The van der Waals surface area contributed by atoms with E-state index in [1.54, 1.807) is 0 Å². The highest BCUT2D eigenvalue weighted by molar-refractivity contribution is 5.08. The van der Waals surface area contributed by atoms with Gasteiger partial charge in [-0.25, -0.2) is 0 Å². The molecule has 1 aliphatic heterocycles. The molecule has 10 heavy (non-hydrogen) atoms. The van der Waals surface area contributed by atoms with Gasteiger partial charge in [-0.3, -0.25) is 0 Å². The van der Waals surface area contributed by atoms with Crippen molar-refractivity contribution >= 4 is 0 Å². The molecule has 0 aromatic heterocycles. The lowest BCUT2D eigenvalue weighted by Gasteiger charge is -2.23. The monoisotopic (exact) mass is 140 g/mol. The van der Waals surface area contributed by atoms with Gasteiger partial charge in [0.05, 0.1) is 0 Å². The number of rotatable bonds is 1. The maximum atomic E-state index is 5.68. The molecule has 1 heterocycles. The Morgan fingerprint density at radius 3 is 2.60 bits per heavy atom. The summed E-state index contributed by atoms with van der Waals surface area (Å²) in [5, 5.41) is 0. The van der Waals surface area contributed by atoms with Crippen molar-refractivity contribution in [1.82, 2.24) is 4.90 Å². The highest BCUT2D eigenvalue weighted by atomic mass is 15.2. The third kappa shape index (κ3) is 0.663. The van der Waals surface area contributed by atoms with E-state index in [0.29, 0.717) is 0 Å². The predicted octanol–water partition coefficient (Wildman–Crippen LogP) is 0.284. The van der Waals surface area contributed by atoms with Crippen LogP contribution in [0.1, 0.15) is 13.3 Å². The van der Waals surface area contributed by atoms with Crippen molar-refractivity contribution in [2.75, 3.05) is 13.6 Å². The zero-order valence-electron chi connectivity index (χ0n) is 6.75. The van der Waals surface area contributed by atoms with Crippen LogP contribution in [0.15, 0.2) is 0 Å². The Morgan fingerprint density at radius 2 is 2.30 bits per heavy atom. The van der Waals surface area contributed by atoms with Crippen LogP contribution in [-0.2, 0) is 0 Å². The van der Waals surface area contributed by atoms with Crippen LogP contribution >= 0.6 is 0 Å². The first-order valence-electron chi connectivity index (χ1n) is 4.17. The van der Waals surface area contributed by atoms with Crippen molar-refractivity contribution in [2.24, 2.45) is 17.6 Å². The molecule has 0 bridgehead atoms. The molecule has 0 radical (unpaired) electrons. The molecule has 0 amide bonds. The Hall–Kier alpha value is -0.0800. The summed E-state index contributed by atoms with van der Waals surface area (Å²) in [6.07, 6.45) is 1.41. The average Bonchev–Trinajstić information content (AvgIpc) is 2.63. The third-order valence-corrected chi connectivity index (χ3v) is 3.41. The van der Waals surface area contributed by atoms with Crippen molar-refractivity contribution in [3.63, 3.8) is 0 Å². The second-order valence-corrected chi connectivity index (χ2v) is 3.77. The topological polar surface area (TPSA) is 29.3 Å². The second kappa shape index (κ2) is 1.95. The van der Waals surface area contributed by atoms with Crippen molar-refractivity contribution in [3.05, 3.63) is 0 Å². The van der Waals surface area contributed by atoms with E-state index in [-0.39, 0.29) is 0 Å². The van der Waals surface area contributed by atoms with Gasteiger partial charge in [-0.15, -0.1) is 0 Å². The Morgan fingerprint density at radius 1 is 1.60 bits per heavy atom. The molecule has 1 saturated heterocycles. The molecule has 0 aromatic rings. The molecule has 1 aliphatic carbocycles.